The number of nitrogens with zero attached hydrogens (tertiary/aromatic N) is 1. The molecule has 0 bridgehead atoms. The van der Waals surface area contributed by atoms with Crippen molar-refractivity contribution in [1.29, 1.82) is 0 Å². The Kier molecular flexibility index (Phi) is 7.56. The van der Waals surface area contributed by atoms with Gasteiger partial charge in [-0.3, -0.25) is 4.79 Å². The lowest BCUT2D eigenvalue weighted by molar-refractivity contribution is -0.113. The fourth-order valence-corrected chi connectivity index (χ4v) is 5.24. The molecule has 5 rings (SSSR count). The second-order valence-corrected chi connectivity index (χ2v) is 10.2. The largest absolute Gasteiger partial charge is 0.332 e. The Morgan fingerprint density at radius 2 is 1.50 bits per heavy atom. The third-order valence-electron chi connectivity index (χ3n) is 5.31. The first-order chi connectivity index (χ1) is 17.6. The summed E-state index contributed by atoms with van der Waals surface area (Å²) in [4.78, 5) is 18.1. The number of para-hydroxylation sites is 1. The average molecular weight is 527 g/mol. The minimum absolute atomic E-state index is 0.0881. The van der Waals surface area contributed by atoms with Gasteiger partial charge in [0.1, 0.15) is 0 Å². The predicted octanol–water partition coefficient (Wildman–Crippen LogP) is 7.50. The number of benzene rings is 4. The zero-order valence-corrected chi connectivity index (χ0v) is 21.6. The molecule has 1 heterocycles. The van der Waals surface area contributed by atoms with Crippen LogP contribution in [0, 0.1) is 0 Å². The van der Waals surface area contributed by atoms with Crippen molar-refractivity contribution in [2.45, 2.75) is 4.90 Å². The molecule has 0 saturated carbocycles. The van der Waals surface area contributed by atoms with E-state index in [1.165, 1.54) is 33.9 Å². The van der Waals surface area contributed by atoms with E-state index in [9.17, 15) is 4.79 Å². The molecule has 0 aliphatic carbocycles. The molecule has 36 heavy (non-hydrogen) atoms. The van der Waals surface area contributed by atoms with E-state index in [4.69, 9.17) is 12.2 Å². The first-order valence-electron chi connectivity index (χ1n) is 11.2. The predicted molar refractivity (Wildman–Crippen MR) is 157 cm³/mol. The van der Waals surface area contributed by atoms with Gasteiger partial charge in [-0.2, -0.15) is 0 Å². The lowest BCUT2D eigenvalue weighted by atomic mass is 10.1. The Morgan fingerprint density at radius 3 is 2.28 bits per heavy atom. The van der Waals surface area contributed by atoms with Crippen molar-refractivity contribution in [3.8, 4) is 11.3 Å². The van der Waals surface area contributed by atoms with Crippen LogP contribution >= 0.6 is 35.3 Å². The Morgan fingerprint density at radius 1 is 0.806 bits per heavy atom. The van der Waals surface area contributed by atoms with E-state index < -0.39 is 0 Å². The highest BCUT2D eigenvalue weighted by Crippen LogP contribution is 2.28. The summed E-state index contributed by atoms with van der Waals surface area (Å²) < 4.78 is 0. The molecule has 1 amide bonds. The summed E-state index contributed by atoms with van der Waals surface area (Å²) in [5, 5.41) is 14.7. The van der Waals surface area contributed by atoms with Crippen LogP contribution in [0.2, 0.25) is 0 Å². The first kappa shape index (κ1) is 24.0. The van der Waals surface area contributed by atoms with Gasteiger partial charge >= 0.3 is 0 Å². The number of carbonyl (C=O) groups excluding carboxylic acids is 1. The van der Waals surface area contributed by atoms with Crippen LogP contribution < -0.4 is 16.0 Å². The third kappa shape index (κ3) is 6.28. The molecular weight excluding hydrogens is 505 g/mol. The summed E-state index contributed by atoms with van der Waals surface area (Å²) in [6.45, 7) is 0. The number of thiocarbonyl (C=S) groups is 1. The second kappa shape index (κ2) is 11.3. The maximum atomic E-state index is 12.5. The molecule has 178 valence electrons. The lowest BCUT2D eigenvalue weighted by Crippen LogP contribution is -2.18. The van der Waals surface area contributed by atoms with E-state index in [2.05, 4.69) is 51.3 Å². The molecule has 0 radical (unpaired) electrons. The fourth-order valence-electron chi connectivity index (χ4n) is 3.57. The molecule has 0 aliphatic rings. The van der Waals surface area contributed by atoms with Crippen molar-refractivity contribution >= 4 is 73.6 Å². The van der Waals surface area contributed by atoms with Crippen LogP contribution in [0.5, 0.6) is 0 Å². The molecule has 8 heteroatoms. The monoisotopic (exact) mass is 526 g/mol. The van der Waals surface area contributed by atoms with Gasteiger partial charge in [0.05, 0.1) is 11.4 Å². The summed E-state index contributed by atoms with van der Waals surface area (Å²) >= 11 is 8.27. The summed E-state index contributed by atoms with van der Waals surface area (Å²) in [5.41, 5.74) is 3.70. The molecule has 0 atom stereocenters. The molecule has 0 aliphatic heterocycles. The van der Waals surface area contributed by atoms with Gasteiger partial charge < -0.3 is 16.0 Å². The van der Waals surface area contributed by atoms with Crippen LogP contribution in [0.25, 0.3) is 22.0 Å². The highest BCUT2D eigenvalue weighted by Gasteiger charge is 2.10. The Hall–Kier alpha value is -3.72. The first-order valence-corrected chi connectivity index (χ1v) is 13.5. The Balaban J connectivity index is 1.11. The molecule has 3 N–H and O–H groups in total. The number of anilines is 3. The Bertz CT molecular complexity index is 1500. The SMILES string of the molecule is O=C(CSc1ccc(NC(=S)Nc2ccccc2)cc1)Nc1nc(-c2ccc3ccccc3c2)cs1. The maximum absolute atomic E-state index is 12.5. The van der Waals surface area contributed by atoms with Crippen LogP contribution in [-0.2, 0) is 4.79 Å². The number of amides is 1. The number of nitrogens with one attached hydrogen (secondary N) is 3. The molecule has 0 fully saturated rings. The number of aromatic nitrogens is 1. The second-order valence-electron chi connectivity index (χ2n) is 7.91. The molecule has 0 spiro atoms. The van der Waals surface area contributed by atoms with Crippen molar-refractivity contribution in [1.82, 2.24) is 4.98 Å². The van der Waals surface area contributed by atoms with Crippen LogP contribution in [0.1, 0.15) is 0 Å². The van der Waals surface area contributed by atoms with Crippen molar-refractivity contribution in [2.24, 2.45) is 0 Å². The zero-order chi connectivity index (χ0) is 24.7. The average Bonchev–Trinajstić information content (AvgIpc) is 3.37. The van der Waals surface area contributed by atoms with Gasteiger partial charge in [-0.05, 0) is 65.5 Å². The topological polar surface area (TPSA) is 66.1 Å². The number of carbonyl (C=O) groups is 1. The van der Waals surface area contributed by atoms with Crippen LogP contribution in [0.3, 0.4) is 0 Å². The number of fused-ring (bicyclic) bond motifs is 1. The van der Waals surface area contributed by atoms with Crippen molar-refractivity contribution in [3.05, 3.63) is 102 Å². The van der Waals surface area contributed by atoms with Gasteiger partial charge in [-0.25, -0.2) is 4.98 Å². The highest BCUT2D eigenvalue weighted by molar-refractivity contribution is 8.00. The number of hydrogen-bond acceptors (Lipinski definition) is 5. The molecule has 0 unspecified atom stereocenters. The fraction of sp³-hybridized carbons (Fsp3) is 0.0357. The summed E-state index contributed by atoms with van der Waals surface area (Å²) in [6.07, 6.45) is 0. The zero-order valence-electron chi connectivity index (χ0n) is 19.1. The van der Waals surface area contributed by atoms with Gasteiger partial charge in [0.25, 0.3) is 0 Å². The molecule has 1 aromatic heterocycles. The van der Waals surface area contributed by atoms with Gasteiger partial charge in [0.15, 0.2) is 10.2 Å². The van der Waals surface area contributed by atoms with E-state index in [1.807, 2.05) is 72.1 Å². The molecule has 0 saturated heterocycles. The number of rotatable bonds is 7. The lowest BCUT2D eigenvalue weighted by Gasteiger charge is -2.11. The van der Waals surface area contributed by atoms with E-state index in [0.29, 0.717) is 16.0 Å². The van der Waals surface area contributed by atoms with Crippen LogP contribution in [0.15, 0.2) is 107 Å². The Labute approximate surface area is 223 Å². The summed E-state index contributed by atoms with van der Waals surface area (Å²) in [6, 6.07) is 32.1. The summed E-state index contributed by atoms with van der Waals surface area (Å²) in [5.74, 6) is 0.209. The van der Waals surface area contributed by atoms with Gasteiger partial charge in [0.2, 0.25) is 5.91 Å². The summed E-state index contributed by atoms with van der Waals surface area (Å²) in [7, 11) is 0. The number of hydrogen-bond donors (Lipinski definition) is 3. The smallest absolute Gasteiger partial charge is 0.236 e. The normalized spacial score (nSPS) is 10.7. The van der Waals surface area contributed by atoms with Crippen molar-refractivity contribution in [3.63, 3.8) is 0 Å². The molecule has 5 nitrogen and oxygen atoms in total. The quantitative estimate of drug-likeness (QED) is 0.151. The van der Waals surface area contributed by atoms with E-state index >= 15 is 0 Å². The minimum atomic E-state index is -0.0881. The van der Waals surface area contributed by atoms with Crippen molar-refractivity contribution < 1.29 is 4.79 Å². The highest BCUT2D eigenvalue weighted by atomic mass is 32.2. The van der Waals surface area contributed by atoms with E-state index in [-0.39, 0.29) is 5.91 Å². The maximum Gasteiger partial charge on any atom is 0.236 e. The van der Waals surface area contributed by atoms with E-state index in [1.54, 1.807) is 0 Å². The third-order valence-corrected chi connectivity index (χ3v) is 7.28. The standard InChI is InChI=1S/C28H22N4OS3/c33-26(32-28-31-25(17-36-28)21-11-10-19-6-4-5-7-20(19)16-21)18-35-24-14-12-23(13-15-24)30-27(34)29-22-8-2-1-3-9-22/h1-17H,18H2,(H2,29,30,34)(H,31,32,33). The number of thiazole rings is 1. The van der Waals surface area contributed by atoms with Gasteiger partial charge in [-0.1, -0.05) is 54.6 Å². The van der Waals surface area contributed by atoms with Crippen LogP contribution in [-0.4, -0.2) is 21.8 Å². The van der Waals surface area contributed by atoms with Crippen LogP contribution in [0.4, 0.5) is 16.5 Å². The van der Waals surface area contributed by atoms with Gasteiger partial charge in [-0.15, -0.1) is 23.1 Å². The minimum Gasteiger partial charge on any atom is -0.332 e. The molecule has 5 aromatic rings. The van der Waals surface area contributed by atoms with Gasteiger partial charge in [0, 0.05) is 27.2 Å². The van der Waals surface area contributed by atoms with E-state index in [0.717, 1.165) is 27.5 Å². The molecule has 4 aromatic carbocycles. The number of thioether (sulfide) groups is 1. The molecular formula is C28H22N4OS3. The van der Waals surface area contributed by atoms with Crippen molar-refractivity contribution in [2.75, 3.05) is 21.7 Å².